The molecule has 0 unspecified atom stereocenters. The van der Waals surface area contributed by atoms with Crippen molar-refractivity contribution in [2.24, 2.45) is 10.5 Å². The first-order chi connectivity index (χ1) is 7.57. The summed E-state index contributed by atoms with van der Waals surface area (Å²) in [6.45, 7) is 2.16. The van der Waals surface area contributed by atoms with Crippen molar-refractivity contribution in [2.45, 2.75) is 25.8 Å². The van der Waals surface area contributed by atoms with Crippen LogP contribution in [-0.4, -0.2) is 45.7 Å². The molecule has 0 spiro atoms. The molecule has 2 atom stereocenters. The number of amides is 1. The van der Waals surface area contributed by atoms with E-state index in [4.69, 9.17) is 5.11 Å². The van der Waals surface area contributed by atoms with E-state index in [0.29, 0.717) is 25.1 Å². The van der Waals surface area contributed by atoms with E-state index in [-0.39, 0.29) is 17.3 Å². The maximum absolute atomic E-state index is 11.9. The van der Waals surface area contributed by atoms with E-state index in [1.807, 2.05) is 0 Å². The van der Waals surface area contributed by atoms with Crippen molar-refractivity contribution < 1.29 is 20.2 Å². The van der Waals surface area contributed by atoms with Crippen LogP contribution in [0.25, 0.3) is 0 Å². The molecule has 1 fully saturated rings. The SMILES string of the molecule is C[C@H](CSN=O)C(=O)N1CCC[C@H]1C(=O)O.O. The molecule has 0 aromatic carbocycles. The number of carboxylic acid groups (broad SMARTS) is 1. The molecule has 0 radical (unpaired) electrons. The summed E-state index contributed by atoms with van der Waals surface area (Å²) >= 11 is 0.787. The molecule has 17 heavy (non-hydrogen) atoms. The molecule has 8 heteroatoms. The summed E-state index contributed by atoms with van der Waals surface area (Å²) in [7, 11) is 0. The average Bonchev–Trinajstić information content (AvgIpc) is 2.73. The van der Waals surface area contributed by atoms with Gasteiger partial charge < -0.3 is 15.5 Å². The molecule has 1 amide bonds. The maximum Gasteiger partial charge on any atom is 0.326 e. The molecule has 3 N–H and O–H groups in total. The average molecular weight is 264 g/mol. The van der Waals surface area contributed by atoms with E-state index in [0.717, 1.165) is 11.9 Å². The van der Waals surface area contributed by atoms with Crippen LogP contribution >= 0.6 is 11.9 Å². The molecule has 1 aliphatic rings. The van der Waals surface area contributed by atoms with Gasteiger partial charge in [0.2, 0.25) is 5.91 Å². The summed E-state index contributed by atoms with van der Waals surface area (Å²) in [6.07, 6.45) is 1.22. The fraction of sp³-hybridized carbons (Fsp3) is 0.778. The smallest absolute Gasteiger partial charge is 0.326 e. The van der Waals surface area contributed by atoms with Crippen LogP contribution in [0.1, 0.15) is 19.8 Å². The van der Waals surface area contributed by atoms with E-state index in [9.17, 15) is 14.5 Å². The van der Waals surface area contributed by atoms with Gasteiger partial charge in [-0.25, -0.2) is 4.79 Å². The highest BCUT2D eigenvalue weighted by Gasteiger charge is 2.35. The highest BCUT2D eigenvalue weighted by Crippen LogP contribution is 2.21. The van der Waals surface area contributed by atoms with Gasteiger partial charge in [0.05, 0.1) is 0 Å². The Labute approximate surface area is 103 Å². The number of rotatable bonds is 5. The van der Waals surface area contributed by atoms with Crippen LogP contribution < -0.4 is 0 Å². The molecule has 1 heterocycles. The lowest BCUT2D eigenvalue weighted by molar-refractivity contribution is -0.149. The maximum atomic E-state index is 11.9. The summed E-state index contributed by atoms with van der Waals surface area (Å²) in [5.41, 5.74) is 0. The Morgan fingerprint density at radius 3 is 2.76 bits per heavy atom. The van der Waals surface area contributed by atoms with Crippen molar-refractivity contribution in [3.8, 4) is 0 Å². The molecule has 0 saturated carbocycles. The standard InChI is InChI=1S/C9H14N2O4S.H2O/c1-6(5-16-10-15)8(12)11-4-2-3-7(11)9(13)14;/h6-7H,2-5H2,1H3,(H,13,14);1H2/t6-,7+;/m1./s1. The number of carbonyl (C=O) groups excluding carboxylic acids is 1. The van der Waals surface area contributed by atoms with E-state index in [2.05, 4.69) is 4.58 Å². The highest BCUT2D eigenvalue weighted by molar-refractivity contribution is 7.97. The van der Waals surface area contributed by atoms with Gasteiger partial charge in [-0.1, -0.05) is 6.92 Å². The number of carboxylic acids is 1. The first-order valence-electron chi connectivity index (χ1n) is 5.05. The zero-order valence-electron chi connectivity index (χ0n) is 9.46. The normalized spacial score (nSPS) is 20.5. The Kier molecular flexibility index (Phi) is 6.74. The van der Waals surface area contributed by atoms with Gasteiger partial charge in [0.15, 0.2) is 0 Å². The van der Waals surface area contributed by atoms with E-state index in [1.54, 1.807) is 6.92 Å². The van der Waals surface area contributed by atoms with Crippen LogP contribution in [0.2, 0.25) is 0 Å². The Hall–Kier alpha value is -1.15. The van der Waals surface area contributed by atoms with Gasteiger partial charge in [-0.3, -0.25) is 4.79 Å². The third-order valence-electron chi connectivity index (χ3n) is 2.62. The van der Waals surface area contributed by atoms with Gasteiger partial charge in [-0.15, -0.1) is 4.91 Å². The molecule has 1 rings (SSSR count). The van der Waals surface area contributed by atoms with Crippen LogP contribution in [0.3, 0.4) is 0 Å². The summed E-state index contributed by atoms with van der Waals surface area (Å²) in [5, 5.41) is 8.92. The van der Waals surface area contributed by atoms with Crippen molar-refractivity contribution >= 4 is 23.8 Å². The third-order valence-corrected chi connectivity index (χ3v) is 3.37. The zero-order chi connectivity index (χ0) is 12.1. The van der Waals surface area contributed by atoms with Crippen LogP contribution in [-0.2, 0) is 9.59 Å². The molecule has 1 saturated heterocycles. The van der Waals surface area contributed by atoms with E-state index in [1.165, 1.54) is 4.90 Å². The molecule has 0 aromatic rings. The minimum absolute atomic E-state index is 0. The van der Waals surface area contributed by atoms with Crippen molar-refractivity contribution in [3.05, 3.63) is 4.91 Å². The second-order valence-corrected chi connectivity index (χ2v) is 4.54. The molecule has 7 nitrogen and oxygen atoms in total. The molecular formula is C9H16N2O5S. The van der Waals surface area contributed by atoms with Crippen molar-refractivity contribution in [2.75, 3.05) is 12.3 Å². The van der Waals surface area contributed by atoms with Gasteiger partial charge in [-0.05, 0) is 12.8 Å². The molecular weight excluding hydrogens is 248 g/mol. The highest BCUT2D eigenvalue weighted by atomic mass is 32.2. The van der Waals surface area contributed by atoms with Gasteiger partial charge in [0.1, 0.15) is 6.04 Å². The molecule has 98 valence electrons. The molecule has 1 aliphatic heterocycles. The van der Waals surface area contributed by atoms with Gasteiger partial charge in [-0.2, -0.15) is 0 Å². The predicted molar refractivity (Wildman–Crippen MR) is 63.4 cm³/mol. The second kappa shape index (κ2) is 7.23. The molecule has 0 bridgehead atoms. The lowest BCUT2D eigenvalue weighted by Crippen LogP contribution is -2.43. The van der Waals surface area contributed by atoms with E-state index >= 15 is 0 Å². The first-order valence-corrected chi connectivity index (χ1v) is 6.00. The van der Waals surface area contributed by atoms with Crippen LogP contribution in [0, 0.1) is 10.8 Å². The zero-order valence-corrected chi connectivity index (χ0v) is 10.3. The third kappa shape index (κ3) is 3.97. The summed E-state index contributed by atoms with van der Waals surface area (Å²) in [5.74, 6) is -1.24. The summed E-state index contributed by atoms with van der Waals surface area (Å²) in [6, 6.07) is -0.704. The van der Waals surface area contributed by atoms with Crippen molar-refractivity contribution in [3.63, 3.8) is 0 Å². The monoisotopic (exact) mass is 264 g/mol. The van der Waals surface area contributed by atoms with Crippen LogP contribution in [0.5, 0.6) is 0 Å². The minimum atomic E-state index is -0.959. The fourth-order valence-electron chi connectivity index (χ4n) is 1.78. The van der Waals surface area contributed by atoms with Crippen molar-refractivity contribution in [1.29, 1.82) is 0 Å². The van der Waals surface area contributed by atoms with Crippen LogP contribution in [0.4, 0.5) is 0 Å². The quantitative estimate of drug-likeness (QED) is 0.565. The van der Waals surface area contributed by atoms with Crippen LogP contribution in [0.15, 0.2) is 4.58 Å². The summed E-state index contributed by atoms with van der Waals surface area (Å²) < 4.78 is 2.62. The molecule has 0 aromatic heterocycles. The largest absolute Gasteiger partial charge is 0.480 e. The number of hydrogen-bond donors (Lipinski definition) is 1. The number of nitroso groups, excluding NO2 is 1. The molecule has 0 aliphatic carbocycles. The Balaban J connectivity index is 0.00000256. The van der Waals surface area contributed by atoms with Gasteiger partial charge >= 0.3 is 5.97 Å². The van der Waals surface area contributed by atoms with Gasteiger partial charge in [0, 0.05) is 34.7 Å². The Bertz CT molecular complexity index is 299. The number of carbonyl (C=O) groups is 2. The van der Waals surface area contributed by atoms with Crippen molar-refractivity contribution in [1.82, 2.24) is 4.90 Å². The Morgan fingerprint density at radius 1 is 1.59 bits per heavy atom. The number of likely N-dealkylation sites (tertiary alicyclic amines) is 1. The lowest BCUT2D eigenvalue weighted by atomic mass is 10.1. The number of nitrogens with zero attached hydrogens (tertiary/aromatic N) is 2. The van der Waals surface area contributed by atoms with Gasteiger partial charge in [0.25, 0.3) is 0 Å². The number of aliphatic carboxylic acids is 1. The number of hydrogen-bond acceptors (Lipinski definition) is 5. The second-order valence-electron chi connectivity index (χ2n) is 3.80. The summed E-state index contributed by atoms with van der Waals surface area (Å²) in [4.78, 5) is 34.1. The predicted octanol–water partition coefficient (Wildman–Crippen LogP) is 0.288. The minimum Gasteiger partial charge on any atom is -0.480 e. The first kappa shape index (κ1) is 15.9. The topological polar surface area (TPSA) is 119 Å². The Morgan fingerprint density at radius 2 is 2.24 bits per heavy atom. The fourth-order valence-corrected chi connectivity index (χ4v) is 2.21. The lowest BCUT2D eigenvalue weighted by Gasteiger charge is -2.24. The van der Waals surface area contributed by atoms with E-state index < -0.39 is 12.0 Å².